The van der Waals surface area contributed by atoms with Gasteiger partial charge in [0.15, 0.2) is 0 Å². The lowest BCUT2D eigenvalue weighted by Gasteiger charge is -2.70. The van der Waals surface area contributed by atoms with Crippen molar-refractivity contribution in [3.8, 4) is 0 Å². The summed E-state index contributed by atoms with van der Waals surface area (Å²) in [7, 11) is 0. The number of ether oxygens (including phenoxy) is 4. The van der Waals surface area contributed by atoms with Crippen LogP contribution in [0.4, 0.5) is 4.79 Å². The van der Waals surface area contributed by atoms with Gasteiger partial charge >= 0.3 is 12.1 Å². The average Bonchev–Trinajstić information content (AvgIpc) is 3.10. The minimum Gasteiger partial charge on any atom is -0.460 e. The molecule has 5 aliphatic rings. The number of carbonyl (C=O) groups excluding carboxylic acids is 3. The largest absolute Gasteiger partial charge is 0.460 e. The highest BCUT2D eigenvalue weighted by Crippen LogP contribution is 2.74. The molecule has 3 saturated carbocycles. The van der Waals surface area contributed by atoms with Crippen molar-refractivity contribution in [2.75, 3.05) is 19.8 Å². The lowest BCUT2D eigenvalue weighted by molar-refractivity contribution is -0.267. The van der Waals surface area contributed by atoms with Gasteiger partial charge in [0.1, 0.15) is 24.8 Å². The predicted molar refractivity (Wildman–Crippen MR) is 210 cm³/mol. The number of allylic oxidation sites excluding steroid dienone is 2. The Balaban J connectivity index is 1.30. The van der Waals surface area contributed by atoms with E-state index in [4.69, 9.17) is 18.9 Å². The molecule has 11 atom stereocenters. The van der Waals surface area contributed by atoms with Crippen molar-refractivity contribution in [2.45, 2.75) is 139 Å². The Morgan fingerprint density at radius 1 is 1.02 bits per heavy atom. The highest BCUT2D eigenvalue weighted by Gasteiger charge is 2.70. The monoisotopic (exact) mass is 745 g/mol. The molecule has 298 valence electrons. The summed E-state index contributed by atoms with van der Waals surface area (Å²) in [5.41, 5.74) is 1.24. The zero-order valence-corrected chi connectivity index (χ0v) is 34.9. The maximum atomic E-state index is 13.1. The maximum Gasteiger partial charge on any atom is 0.407 e. The molecular weight excluding hydrogens is 679 g/mol. The van der Waals surface area contributed by atoms with E-state index >= 15 is 0 Å². The van der Waals surface area contributed by atoms with Crippen molar-refractivity contribution in [1.29, 1.82) is 0 Å². The first-order chi connectivity index (χ1) is 25.3. The number of hydrogen-bond donors (Lipinski definition) is 1. The van der Waals surface area contributed by atoms with Crippen LogP contribution in [0.3, 0.4) is 0 Å². The molecule has 2 bridgehead atoms. The van der Waals surface area contributed by atoms with Gasteiger partial charge in [-0.3, -0.25) is 4.79 Å². The number of rotatable bonds is 10. The van der Waals surface area contributed by atoms with Gasteiger partial charge in [-0.25, -0.2) is 9.59 Å². The van der Waals surface area contributed by atoms with Gasteiger partial charge in [0.25, 0.3) is 0 Å². The molecule has 8 nitrogen and oxygen atoms in total. The molecule has 4 fully saturated rings. The van der Waals surface area contributed by atoms with Gasteiger partial charge in [-0.15, -0.1) is 0 Å². The Hall–Kier alpha value is -2.93. The third-order valence-electron chi connectivity index (χ3n) is 16.4. The molecule has 0 aromatic heterocycles. The van der Waals surface area contributed by atoms with Crippen molar-refractivity contribution >= 4 is 18.0 Å². The van der Waals surface area contributed by atoms with Crippen molar-refractivity contribution in [3.05, 3.63) is 53.1 Å². The van der Waals surface area contributed by atoms with Crippen LogP contribution in [0.15, 0.2) is 47.6 Å². The van der Waals surface area contributed by atoms with Crippen LogP contribution in [0.2, 0.25) is 0 Å². The van der Waals surface area contributed by atoms with Gasteiger partial charge in [-0.2, -0.15) is 0 Å². The number of alkyl carbamates (subject to hydrolysis) is 1. The van der Waals surface area contributed by atoms with Gasteiger partial charge in [0.2, 0.25) is 0 Å². The van der Waals surface area contributed by atoms with Crippen molar-refractivity contribution in [1.82, 2.24) is 5.32 Å². The van der Waals surface area contributed by atoms with Crippen LogP contribution in [0.1, 0.15) is 120 Å². The van der Waals surface area contributed by atoms with E-state index in [0.29, 0.717) is 31.5 Å². The molecule has 1 saturated heterocycles. The van der Waals surface area contributed by atoms with Gasteiger partial charge in [-0.05, 0) is 86.0 Å². The zero-order valence-electron chi connectivity index (χ0n) is 34.9. The third kappa shape index (κ3) is 6.40. The van der Waals surface area contributed by atoms with Crippen LogP contribution in [0, 0.1) is 56.7 Å². The van der Waals surface area contributed by atoms with E-state index in [1.54, 1.807) is 0 Å². The molecule has 0 radical (unpaired) electrons. The summed E-state index contributed by atoms with van der Waals surface area (Å²) in [6.45, 7) is 25.3. The van der Waals surface area contributed by atoms with Gasteiger partial charge in [-0.1, -0.05) is 104 Å². The van der Waals surface area contributed by atoms with Crippen molar-refractivity contribution in [2.24, 2.45) is 56.7 Å². The smallest absolute Gasteiger partial charge is 0.407 e. The predicted octanol–water partition coefficient (Wildman–Crippen LogP) is 9.29. The molecule has 0 unspecified atom stereocenters. The lowest BCUT2D eigenvalue weighted by Crippen LogP contribution is -2.70. The van der Waals surface area contributed by atoms with E-state index in [1.807, 2.05) is 37.3 Å². The molecule has 4 aliphatic carbocycles. The minimum absolute atomic E-state index is 0.0242. The number of fused-ring (bicyclic) bond motifs is 3. The summed E-state index contributed by atoms with van der Waals surface area (Å²) < 4.78 is 25.5. The van der Waals surface area contributed by atoms with E-state index in [0.717, 1.165) is 43.2 Å². The molecule has 6 rings (SSSR count). The van der Waals surface area contributed by atoms with Crippen LogP contribution >= 0.6 is 0 Å². The van der Waals surface area contributed by atoms with E-state index in [-0.39, 0.29) is 58.6 Å². The van der Waals surface area contributed by atoms with Crippen LogP contribution < -0.4 is 5.32 Å². The molecule has 1 aliphatic heterocycles. The number of benzene rings is 1. The number of carbonyl (C=O) groups is 2. The van der Waals surface area contributed by atoms with Gasteiger partial charge < -0.3 is 24.3 Å². The lowest BCUT2D eigenvalue weighted by atomic mass is 9.35. The Labute approximate surface area is 324 Å². The molecule has 1 aromatic rings. The standard InChI is InChI=1S/C46H67NO7/c1-29(2)31(5)41(7)21-22-43(9)34-17-18-37-42(8)26-51-28-46(37,35(34)19-20-44(43,10)38(41)24-48)23-36(54-32(6)49)39(42)53-27-45(11,30(3)4)47-40(50)52-25-33-15-13-12-14-16-33/h12-16,19,29-31,34,36-37,39H,17-18,20-23,25-28H2,1-11H3,(H,47,50)/t31-,34+,36-,37+,39+,41-,42-,43-,44-,45-,46+/m1/s1. The van der Waals surface area contributed by atoms with Crippen LogP contribution in [0.25, 0.3) is 0 Å². The maximum absolute atomic E-state index is 13.1. The fourth-order valence-corrected chi connectivity index (χ4v) is 12.2. The van der Waals surface area contributed by atoms with E-state index in [1.165, 1.54) is 12.5 Å². The summed E-state index contributed by atoms with van der Waals surface area (Å²) in [6.07, 6.45) is 6.55. The highest BCUT2D eigenvalue weighted by molar-refractivity contribution is 5.68. The Bertz CT molecular complexity index is 1670. The average molecular weight is 746 g/mol. The summed E-state index contributed by atoms with van der Waals surface area (Å²) in [6, 6.07) is 9.63. The zero-order chi connectivity index (χ0) is 39.5. The van der Waals surface area contributed by atoms with Crippen molar-refractivity contribution in [3.63, 3.8) is 0 Å². The first-order valence-electron chi connectivity index (χ1n) is 20.6. The molecule has 8 heteroatoms. The molecule has 0 spiro atoms. The SMILES string of the molecule is CC(=O)O[C@@H]1C[C@@]23COC[C@](C)([C@@H]2CC[C@H]2C3=CC[C@]3(C)C(=C=O)[C@@](C)([C@H](C)C(C)C)CC[C@]23C)[C@H]1OC[C@@](C)(NC(=O)OCc1ccccc1)C(C)C. The molecule has 1 heterocycles. The van der Waals surface area contributed by atoms with Crippen LogP contribution in [0.5, 0.6) is 0 Å². The van der Waals surface area contributed by atoms with E-state index in [9.17, 15) is 14.4 Å². The number of hydrogen-bond acceptors (Lipinski definition) is 7. The molecule has 1 amide bonds. The molecule has 1 N–H and O–H groups in total. The van der Waals surface area contributed by atoms with E-state index < -0.39 is 29.3 Å². The normalized spacial score (nSPS) is 38.8. The fraction of sp³-hybridized carbons (Fsp3) is 0.739. The quantitative estimate of drug-likeness (QED) is 0.145. The Kier molecular flexibility index (Phi) is 11.0. The first-order valence-corrected chi connectivity index (χ1v) is 20.6. The number of esters is 1. The topological polar surface area (TPSA) is 100 Å². The summed E-state index contributed by atoms with van der Waals surface area (Å²) in [5, 5.41) is 3.12. The van der Waals surface area contributed by atoms with Crippen LogP contribution in [-0.2, 0) is 35.1 Å². The second kappa shape index (κ2) is 14.5. The second-order valence-corrected chi connectivity index (χ2v) is 19.7. The third-order valence-corrected chi connectivity index (χ3v) is 16.4. The van der Waals surface area contributed by atoms with Crippen molar-refractivity contribution < 1.29 is 33.3 Å². The van der Waals surface area contributed by atoms with E-state index in [2.05, 4.69) is 79.6 Å². The summed E-state index contributed by atoms with van der Waals surface area (Å²) >= 11 is 0. The summed E-state index contributed by atoms with van der Waals surface area (Å²) in [4.78, 5) is 39.1. The Morgan fingerprint density at radius 3 is 2.35 bits per heavy atom. The molecule has 1 aromatic carbocycles. The van der Waals surface area contributed by atoms with Crippen LogP contribution in [-0.4, -0.2) is 55.6 Å². The number of amides is 1. The first kappa shape index (κ1) is 40.7. The highest BCUT2D eigenvalue weighted by atomic mass is 16.6. The summed E-state index contributed by atoms with van der Waals surface area (Å²) in [5.74, 6) is 3.67. The number of nitrogens with one attached hydrogen (secondary N) is 1. The molecule has 54 heavy (non-hydrogen) atoms. The second-order valence-electron chi connectivity index (χ2n) is 19.7. The van der Waals surface area contributed by atoms with Gasteiger partial charge in [0.05, 0.1) is 25.4 Å². The van der Waals surface area contributed by atoms with Gasteiger partial charge in [0, 0.05) is 34.2 Å². The Morgan fingerprint density at radius 2 is 1.72 bits per heavy atom. The minimum atomic E-state index is -0.746. The fourth-order valence-electron chi connectivity index (χ4n) is 12.2. The molecular formula is C46H67NO7.